The molecule has 0 aromatic heterocycles. The van der Waals surface area contributed by atoms with Crippen LogP contribution in [0.1, 0.15) is 38.5 Å². The molecule has 0 spiro atoms. The van der Waals surface area contributed by atoms with Crippen LogP contribution >= 0.6 is 0 Å². The van der Waals surface area contributed by atoms with Gasteiger partial charge in [0.15, 0.2) is 0 Å². The van der Waals surface area contributed by atoms with Crippen LogP contribution in [0.5, 0.6) is 0 Å². The van der Waals surface area contributed by atoms with Gasteiger partial charge in [0.2, 0.25) is 0 Å². The van der Waals surface area contributed by atoms with Crippen molar-refractivity contribution in [2.75, 3.05) is 6.54 Å². The minimum absolute atomic E-state index is 0.853. The maximum Gasteiger partial charge on any atom is 0.00725 e. The van der Waals surface area contributed by atoms with E-state index in [2.05, 4.69) is 5.32 Å². The molecule has 57 valence electrons. The molecule has 1 nitrogen and oxygen atoms in total. The van der Waals surface area contributed by atoms with Crippen molar-refractivity contribution in [3.63, 3.8) is 0 Å². The van der Waals surface area contributed by atoms with Crippen molar-refractivity contribution in [2.45, 2.75) is 44.6 Å². The molecule has 2 bridgehead atoms. The Morgan fingerprint density at radius 2 is 2.20 bits per heavy atom. The van der Waals surface area contributed by atoms with Crippen LogP contribution in [-0.4, -0.2) is 12.6 Å². The summed E-state index contributed by atoms with van der Waals surface area (Å²) >= 11 is 0. The topological polar surface area (TPSA) is 12.0 Å². The molecule has 0 amide bonds. The predicted octanol–water partition coefficient (Wildman–Crippen LogP) is 1.89. The summed E-state index contributed by atoms with van der Waals surface area (Å²) in [5.41, 5.74) is 0. The van der Waals surface area contributed by atoms with E-state index < -0.39 is 0 Å². The number of piperidine rings is 1. The Balaban J connectivity index is 1.96. The molecule has 1 aliphatic carbocycles. The van der Waals surface area contributed by atoms with Crippen molar-refractivity contribution in [1.82, 2.24) is 5.32 Å². The normalized spacial score (nSPS) is 35.4. The lowest BCUT2D eigenvalue weighted by atomic mass is 9.91. The second-order valence-electron chi connectivity index (χ2n) is 3.60. The van der Waals surface area contributed by atoms with Crippen molar-refractivity contribution in [3.8, 4) is 0 Å². The van der Waals surface area contributed by atoms with Gasteiger partial charge in [-0.2, -0.15) is 0 Å². The number of hydrogen-bond acceptors (Lipinski definition) is 1. The molecule has 1 N–H and O–H groups in total. The van der Waals surface area contributed by atoms with E-state index in [1.807, 2.05) is 5.92 Å². The number of rotatable bonds is 0. The first-order chi connectivity index (χ1) is 4.95. The molecule has 1 heteroatoms. The quantitative estimate of drug-likeness (QED) is 0.539. The summed E-state index contributed by atoms with van der Waals surface area (Å²) in [5, 5.41) is 3.57. The zero-order valence-electron chi connectivity index (χ0n) is 6.53. The Hall–Kier alpha value is -0.0400. The summed E-state index contributed by atoms with van der Waals surface area (Å²) in [7, 11) is 0. The van der Waals surface area contributed by atoms with Crippen molar-refractivity contribution in [3.05, 3.63) is 5.92 Å². The second-order valence-corrected chi connectivity index (χ2v) is 3.60. The van der Waals surface area contributed by atoms with Gasteiger partial charge in [-0.1, -0.05) is 12.8 Å². The fourth-order valence-corrected chi connectivity index (χ4v) is 2.17. The standard InChI is InChI=1S/C9H16N/c1-2-4-9-7-8(3-1)5-6-10-9/h9-10H,1-7H2. The van der Waals surface area contributed by atoms with Crippen LogP contribution in [0.2, 0.25) is 0 Å². The Labute approximate surface area is 63.2 Å². The van der Waals surface area contributed by atoms with Crippen LogP contribution in [0.3, 0.4) is 0 Å². The van der Waals surface area contributed by atoms with Gasteiger partial charge in [0.05, 0.1) is 0 Å². The fourth-order valence-electron chi connectivity index (χ4n) is 2.17. The molecule has 1 heterocycles. The first kappa shape index (κ1) is 6.66. The van der Waals surface area contributed by atoms with E-state index in [1.165, 1.54) is 45.1 Å². The van der Waals surface area contributed by atoms with Gasteiger partial charge in [-0.25, -0.2) is 0 Å². The molecular formula is C9H16N. The van der Waals surface area contributed by atoms with Crippen LogP contribution in [0.15, 0.2) is 0 Å². The molecular weight excluding hydrogens is 122 g/mol. The van der Waals surface area contributed by atoms with Crippen molar-refractivity contribution in [2.24, 2.45) is 0 Å². The van der Waals surface area contributed by atoms with Crippen LogP contribution < -0.4 is 5.32 Å². The average Bonchev–Trinajstić information content (AvgIpc) is 2.12. The lowest BCUT2D eigenvalue weighted by Gasteiger charge is -2.26. The Kier molecular flexibility index (Phi) is 1.94. The summed E-state index contributed by atoms with van der Waals surface area (Å²) in [6, 6.07) is 0.853. The maximum atomic E-state index is 3.57. The summed E-state index contributed by atoms with van der Waals surface area (Å²) in [5.74, 6) is 1.83. The molecule has 1 saturated heterocycles. The van der Waals surface area contributed by atoms with Crippen molar-refractivity contribution < 1.29 is 0 Å². The molecule has 10 heavy (non-hydrogen) atoms. The first-order valence-corrected chi connectivity index (χ1v) is 4.52. The SMILES string of the molecule is C1CCC2C[C](C1)CCN2. The fraction of sp³-hybridized carbons (Fsp3) is 0.889. The third kappa shape index (κ3) is 1.34. The molecule has 2 fully saturated rings. The van der Waals surface area contributed by atoms with E-state index in [9.17, 15) is 0 Å². The molecule has 1 unspecified atom stereocenters. The van der Waals surface area contributed by atoms with E-state index in [0.717, 1.165) is 6.04 Å². The summed E-state index contributed by atoms with van der Waals surface area (Å²) < 4.78 is 0. The van der Waals surface area contributed by atoms with Crippen molar-refractivity contribution in [1.29, 1.82) is 0 Å². The Morgan fingerprint density at radius 3 is 3.20 bits per heavy atom. The van der Waals surface area contributed by atoms with Crippen LogP contribution in [0.25, 0.3) is 0 Å². The molecule has 0 aromatic rings. The highest BCUT2D eigenvalue weighted by Gasteiger charge is 2.23. The summed E-state index contributed by atoms with van der Waals surface area (Å²) in [4.78, 5) is 0. The lowest BCUT2D eigenvalue weighted by molar-refractivity contribution is 0.417. The molecule has 2 rings (SSSR count). The number of fused-ring (bicyclic) bond motifs is 2. The largest absolute Gasteiger partial charge is 0.314 e. The van der Waals surface area contributed by atoms with Crippen LogP contribution in [0, 0.1) is 5.92 Å². The lowest BCUT2D eigenvalue weighted by Crippen LogP contribution is -2.35. The van der Waals surface area contributed by atoms with E-state index >= 15 is 0 Å². The third-order valence-electron chi connectivity index (χ3n) is 2.78. The highest BCUT2D eigenvalue weighted by Crippen LogP contribution is 2.29. The van der Waals surface area contributed by atoms with E-state index in [4.69, 9.17) is 0 Å². The minimum Gasteiger partial charge on any atom is -0.314 e. The molecule has 1 saturated carbocycles. The van der Waals surface area contributed by atoms with Gasteiger partial charge in [-0.15, -0.1) is 0 Å². The Morgan fingerprint density at radius 1 is 1.20 bits per heavy atom. The number of nitrogens with one attached hydrogen (secondary N) is 1. The summed E-state index contributed by atoms with van der Waals surface area (Å²) in [6.45, 7) is 1.25. The van der Waals surface area contributed by atoms with Gasteiger partial charge in [0, 0.05) is 6.04 Å². The van der Waals surface area contributed by atoms with E-state index in [0.29, 0.717) is 0 Å². The molecule has 0 aromatic carbocycles. The molecule has 1 radical (unpaired) electrons. The van der Waals surface area contributed by atoms with Gasteiger partial charge < -0.3 is 5.32 Å². The maximum absolute atomic E-state index is 3.57. The van der Waals surface area contributed by atoms with Crippen LogP contribution in [-0.2, 0) is 0 Å². The highest BCUT2D eigenvalue weighted by molar-refractivity contribution is 4.99. The van der Waals surface area contributed by atoms with Gasteiger partial charge in [-0.05, 0) is 38.1 Å². The third-order valence-corrected chi connectivity index (χ3v) is 2.78. The number of hydrogen-bond donors (Lipinski definition) is 1. The van der Waals surface area contributed by atoms with Gasteiger partial charge in [0.1, 0.15) is 0 Å². The smallest absolute Gasteiger partial charge is 0.00725 e. The predicted molar refractivity (Wildman–Crippen MR) is 42.7 cm³/mol. The highest BCUT2D eigenvalue weighted by atomic mass is 14.9. The van der Waals surface area contributed by atoms with Gasteiger partial charge in [0.25, 0.3) is 0 Å². The van der Waals surface area contributed by atoms with E-state index in [1.54, 1.807) is 0 Å². The van der Waals surface area contributed by atoms with Crippen molar-refractivity contribution >= 4 is 0 Å². The average molecular weight is 138 g/mol. The second kappa shape index (κ2) is 2.91. The van der Waals surface area contributed by atoms with Gasteiger partial charge in [-0.3, -0.25) is 0 Å². The van der Waals surface area contributed by atoms with Gasteiger partial charge >= 0.3 is 0 Å². The molecule has 1 aliphatic heterocycles. The summed E-state index contributed by atoms with van der Waals surface area (Å²) in [6.07, 6.45) is 8.49. The van der Waals surface area contributed by atoms with E-state index in [-0.39, 0.29) is 0 Å². The van der Waals surface area contributed by atoms with Crippen LogP contribution in [0.4, 0.5) is 0 Å². The monoisotopic (exact) mass is 138 g/mol. The zero-order valence-corrected chi connectivity index (χ0v) is 6.53. The molecule has 1 atom stereocenters. The first-order valence-electron chi connectivity index (χ1n) is 4.52. The molecule has 2 aliphatic rings. The zero-order chi connectivity index (χ0) is 6.81. The Bertz CT molecular complexity index is 99.3. The minimum atomic E-state index is 0.853.